The molecule has 0 amide bonds. The minimum atomic E-state index is -3.55. The number of hydrogen-bond acceptors (Lipinski definition) is 3. The van der Waals surface area contributed by atoms with Crippen molar-refractivity contribution in [3.8, 4) is 0 Å². The van der Waals surface area contributed by atoms with Gasteiger partial charge in [0.15, 0.2) is 0 Å². The second-order valence-corrected chi connectivity index (χ2v) is 7.08. The number of benzene rings is 1. The Morgan fingerprint density at radius 2 is 2.11 bits per heavy atom. The zero-order chi connectivity index (χ0) is 14.0. The molecule has 1 aromatic rings. The molecule has 0 unspecified atom stereocenters. The van der Waals surface area contributed by atoms with Gasteiger partial charge in [-0.25, -0.2) is 17.1 Å². The van der Waals surface area contributed by atoms with Crippen LogP contribution in [-0.2, 0) is 16.6 Å². The lowest BCUT2D eigenvalue weighted by atomic mass is 9.86. The van der Waals surface area contributed by atoms with E-state index in [2.05, 4.69) is 0 Å². The van der Waals surface area contributed by atoms with Crippen molar-refractivity contribution < 1.29 is 12.8 Å². The van der Waals surface area contributed by atoms with Crippen LogP contribution in [0.15, 0.2) is 23.1 Å². The number of nitrogens with zero attached hydrogens (tertiary/aromatic N) is 1. The van der Waals surface area contributed by atoms with Gasteiger partial charge in [0.25, 0.3) is 0 Å². The van der Waals surface area contributed by atoms with E-state index < -0.39 is 15.8 Å². The lowest BCUT2D eigenvalue weighted by Gasteiger charge is -2.29. The Kier molecular flexibility index (Phi) is 4.23. The highest BCUT2D eigenvalue weighted by Gasteiger charge is 2.27. The number of sulfonamides is 1. The summed E-state index contributed by atoms with van der Waals surface area (Å²) < 4.78 is 39.4. The summed E-state index contributed by atoms with van der Waals surface area (Å²) in [5, 5.41) is 0. The van der Waals surface area contributed by atoms with Crippen LogP contribution in [0.5, 0.6) is 0 Å². The van der Waals surface area contributed by atoms with Crippen molar-refractivity contribution in [3.63, 3.8) is 0 Å². The quantitative estimate of drug-likeness (QED) is 0.896. The number of rotatable bonds is 5. The van der Waals surface area contributed by atoms with Crippen LogP contribution in [0.2, 0.25) is 0 Å². The second kappa shape index (κ2) is 5.56. The molecule has 0 aliphatic heterocycles. The third kappa shape index (κ3) is 2.96. The van der Waals surface area contributed by atoms with Gasteiger partial charge in [0.05, 0.1) is 4.90 Å². The number of nitrogens with two attached hydrogens (primary N) is 1. The lowest BCUT2D eigenvalue weighted by Crippen LogP contribution is -2.34. The van der Waals surface area contributed by atoms with Crippen molar-refractivity contribution in [1.29, 1.82) is 0 Å². The summed E-state index contributed by atoms with van der Waals surface area (Å²) >= 11 is 0. The van der Waals surface area contributed by atoms with Gasteiger partial charge in [-0.05, 0) is 37.0 Å². The molecule has 2 N–H and O–H groups in total. The molecule has 1 aromatic carbocycles. The maximum absolute atomic E-state index is 13.3. The summed E-state index contributed by atoms with van der Waals surface area (Å²) in [6.45, 7) is 0.513. The van der Waals surface area contributed by atoms with Crippen molar-refractivity contribution in [2.45, 2.75) is 30.7 Å². The zero-order valence-electron chi connectivity index (χ0n) is 11.0. The number of hydrogen-bond donors (Lipinski definition) is 1. The molecule has 1 aliphatic rings. The second-order valence-electron chi connectivity index (χ2n) is 5.04. The van der Waals surface area contributed by atoms with Crippen molar-refractivity contribution in [3.05, 3.63) is 29.6 Å². The van der Waals surface area contributed by atoms with E-state index in [0.29, 0.717) is 12.5 Å². The normalized spacial score (nSPS) is 16.6. The van der Waals surface area contributed by atoms with Crippen molar-refractivity contribution in [2.24, 2.45) is 11.7 Å². The molecule has 1 aliphatic carbocycles. The molecule has 0 heterocycles. The van der Waals surface area contributed by atoms with E-state index in [-0.39, 0.29) is 17.0 Å². The Balaban J connectivity index is 2.22. The van der Waals surface area contributed by atoms with E-state index in [9.17, 15) is 12.8 Å². The van der Waals surface area contributed by atoms with Crippen LogP contribution in [0.1, 0.15) is 24.8 Å². The van der Waals surface area contributed by atoms with Crippen LogP contribution >= 0.6 is 0 Å². The molecule has 0 bridgehead atoms. The highest BCUT2D eigenvalue weighted by Crippen LogP contribution is 2.28. The molecule has 19 heavy (non-hydrogen) atoms. The van der Waals surface area contributed by atoms with E-state index in [4.69, 9.17) is 5.73 Å². The van der Waals surface area contributed by atoms with Gasteiger partial charge in [-0.3, -0.25) is 0 Å². The topological polar surface area (TPSA) is 63.4 Å². The predicted molar refractivity (Wildman–Crippen MR) is 71.4 cm³/mol. The first-order chi connectivity index (χ1) is 8.95. The molecule has 1 fully saturated rings. The average molecular weight is 286 g/mol. The molecule has 0 aromatic heterocycles. The molecule has 2 rings (SSSR count). The van der Waals surface area contributed by atoms with Gasteiger partial charge in [0, 0.05) is 25.7 Å². The molecule has 6 heteroatoms. The van der Waals surface area contributed by atoms with E-state index in [1.165, 1.54) is 22.9 Å². The first-order valence-electron chi connectivity index (χ1n) is 6.40. The molecular formula is C13H19FN2O2S. The fraction of sp³-hybridized carbons (Fsp3) is 0.538. The standard InChI is InChI=1S/C13H19FN2O2S/c1-16(9-10-3-2-4-10)19(17,18)12-5-6-13(14)11(7-12)8-15/h5-7,10H,2-4,8-9,15H2,1H3. The van der Waals surface area contributed by atoms with Crippen LogP contribution in [-0.4, -0.2) is 26.3 Å². The Morgan fingerprint density at radius 1 is 1.42 bits per heavy atom. The third-order valence-corrected chi connectivity index (χ3v) is 5.50. The lowest BCUT2D eigenvalue weighted by molar-refractivity contribution is 0.263. The number of halogens is 1. The summed E-state index contributed by atoms with van der Waals surface area (Å²) in [7, 11) is -1.98. The Morgan fingerprint density at radius 3 is 2.63 bits per heavy atom. The minimum Gasteiger partial charge on any atom is -0.326 e. The van der Waals surface area contributed by atoms with E-state index in [1.54, 1.807) is 7.05 Å². The molecule has 0 radical (unpaired) electrons. The van der Waals surface area contributed by atoms with Gasteiger partial charge >= 0.3 is 0 Å². The maximum Gasteiger partial charge on any atom is 0.242 e. The van der Waals surface area contributed by atoms with Gasteiger partial charge in [0.2, 0.25) is 10.0 Å². The Bertz CT molecular complexity index is 556. The monoisotopic (exact) mass is 286 g/mol. The maximum atomic E-state index is 13.3. The van der Waals surface area contributed by atoms with Crippen LogP contribution in [0.25, 0.3) is 0 Å². The van der Waals surface area contributed by atoms with E-state index >= 15 is 0 Å². The average Bonchev–Trinajstić information content (AvgIpc) is 2.33. The van der Waals surface area contributed by atoms with Gasteiger partial charge in [-0.2, -0.15) is 0 Å². The molecule has 0 spiro atoms. The van der Waals surface area contributed by atoms with Crippen molar-refractivity contribution in [2.75, 3.05) is 13.6 Å². The van der Waals surface area contributed by atoms with Gasteiger partial charge < -0.3 is 5.73 Å². The fourth-order valence-corrected chi connectivity index (χ4v) is 3.48. The summed E-state index contributed by atoms with van der Waals surface area (Å²) in [5.74, 6) is -0.0164. The molecule has 106 valence electrons. The minimum absolute atomic E-state index is 0.0124. The molecule has 4 nitrogen and oxygen atoms in total. The smallest absolute Gasteiger partial charge is 0.242 e. The van der Waals surface area contributed by atoms with Crippen molar-refractivity contribution in [1.82, 2.24) is 4.31 Å². The van der Waals surface area contributed by atoms with Gasteiger partial charge in [-0.15, -0.1) is 0 Å². The first-order valence-corrected chi connectivity index (χ1v) is 7.84. The van der Waals surface area contributed by atoms with Gasteiger partial charge in [0.1, 0.15) is 5.82 Å². The summed E-state index contributed by atoms with van der Waals surface area (Å²) in [4.78, 5) is 0.108. The largest absolute Gasteiger partial charge is 0.326 e. The highest BCUT2D eigenvalue weighted by atomic mass is 32.2. The zero-order valence-corrected chi connectivity index (χ0v) is 11.8. The first kappa shape index (κ1) is 14.4. The summed E-state index contributed by atoms with van der Waals surface area (Å²) in [6.07, 6.45) is 3.33. The van der Waals surface area contributed by atoms with Crippen LogP contribution < -0.4 is 5.73 Å². The van der Waals surface area contributed by atoms with Crippen molar-refractivity contribution >= 4 is 10.0 Å². The SMILES string of the molecule is CN(CC1CCC1)S(=O)(=O)c1ccc(F)c(CN)c1. The van der Waals surface area contributed by atoms with Crippen LogP contribution in [0, 0.1) is 11.7 Å². The Labute approximate surface area is 113 Å². The predicted octanol–water partition coefficient (Wildman–Crippen LogP) is 1.71. The molecule has 0 atom stereocenters. The molecule has 0 saturated heterocycles. The van der Waals surface area contributed by atoms with Crippen LogP contribution in [0.3, 0.4) is 0 Å². The fourth-order valence-electron chi connectivity index (χ4n) is 2.19. The summed E-state index contributed by atoms with van der Waals surface area (Å²) in [6, 6.07) is 3.77. The molecule has 1 saturated carbocycles. The third-order valence-electron chi connectivity index (χ3n) is 3.69. The van der Waals surface area contributed by atoms with Crippen LogP contribution in [0.4, 0.5) is 4.39 Å². The highest BCUT2D eigenvalue weighted by molar-refractivity contribution is 7.89. The molecular weight excluding hydrogens is 267 g/mol. The Hall–Kier alpha value is -0.980. The van der Waals surface area contributed by atoms with E-state index in [0.717, 1.165) is 18.9 Å². The summed E-state index contributed by atoms with van der Waals surface area (Å²) in [5.41, 5.74) is 5.62. The van der Waals surface area contributed by atoms with E-state index in [1.807, 2.05) is 0 Å². The van der Waals surface area contributed by atoms with Gasteiger partial charge in [-0.1, -0.05) is 6.42 Å².